The van der Waals surface area contributed by atoms with E-state index in [1.807, 2.05) is 0 Å². The van der Waals surface area contributed by atoms with Gasteiger partial charge in [-0.25, -0.2) is 0 Å². The molecule has 2 aromatic heterocycles. The lowest BCUT2D eigenvalue weighted by Crippen LogP contribution is -2.20. The minimum atomic E-state index is -0.0865. The van der Waals surface area contributed by atoms with E-state index in [1.54, 1.807) is 0 Å². The first-order chi connectivity index (χ1) is 14.9. The molecule has 168 valence electrons. The summed E-state index contributed by atoms with van der Waals surface area (Å²) in [5, 5.41) is 0. The highest BCUT2D eigenvalue weighted by molar-refractivity contribution is 5.33. The fraction of sp³-hybridized carbons (Fsp3) is 0.448. The van der Waals surface area contributed by atoms with Crippen LogP contribution in [-0.2, 0) is 18.3 Å². The van der Waals surface area contributed by atoms with Gasteiger partial charge in [-0.15, -0.1) is 0 Å². The van der Waals surface area contributed by atoms with Gasteiger partial charge in [0.05, 0.1) is 0 Å². The van der Waals surface area contributed by atoms with Gasteiger partial charge < -0.3 is 9.97 Å². The van der Waals surface area contributed by atoms with Gasteiger partial charge in [-0.3, -0.25) is 0 Å². The molecule has 2 nitrogen and oxygen atoms in total. The molecule has 2 N–H and O–H groups in total. The maximum absolute atomic E-state index is 3.63. The van der Waals surface area contributed by atoms with E-state index < -0.39 is 0 Å². The molecule has 0 spiro atoms. The third-order valence-corrected chi connectivity index (χ3v) is 6.18. The van der Waals surface area contributed by atoms with Crippen molar-refractivity contribution in [2.75, 3.05) is 0 Å². The zero-order valence-corrected chi connectivity index (χ0v) is 20.4. The van der Waals surface area contributed by atoms with Crippen LogP contribution in [0.2, 0.25) is 0 Å². The predicted octanol–water partition coefficient (Wildman–Crippen LogP) is 8.07. The largest absolute Gasteiger partial charge is 0.361 e. The number of allylic oxidation sites excluding steroid dienone is 8. The molecule has 0 radical (unpaired) electrons. The summed E-state index contributed by atoms with van der Waals surface area (Å²) in [6.45, 7) is 13.5. The van der Waals surface area contributed by atoms with Gasteiger partial charge in [-0.2, -0.15) is 0 Å². The molecule has 0 saturated heterocycles. The van der Waals surface area contributed by atoms with Gasteiger partial charge in [0.25, 0.3) is 0 Å². The number of nitrogens with one attached hydrogen (secondary N) is 2. The molecule has 2 heterocycles. The second-order valence-electron chi connectivity index (χ2n) is 9.22. The monoisotopic (exact) mass is 418 g/mol. The molecule has 0 aliphatic carbocycles. The van der Waals surface area contributed by atoms with Crippen LogP contribution in [0.25, 0.3) is 0 Å². The number of H-pyrrole nitrogens is 2. The van der Waals surface area contributed by atoms with Crippen molar-refractivity contribution in [1.82, 2.24) is 9.97 Å². The molecule has 0 aliphatic rings. The van der Waals surface area contributed by atoms with E-state index in [-0.39, 0.29) is 5.41 Å². The Morgan fingerprint density at radius 1 is 0.710 bits per heavy atom. The first-order valence-corrected chi connectivity index (χ1v) is 11.9. The molecule has 0 unspecified atom stereocenters. The van der Waals surface area contributed by atoms with Crippen molar-refractivity contribution in [3.63, 3.8) is 0 Å². The summed E-state index contributed by atoms with van der Waals surface area (Å²) in [5.74, 6) is 1.29. The van der Waals surface area contributed by atoms with E-state index in [1.165, 1.54) is 35.6 Å². The van der Waals surface area contributed by atoms with Gasteiger partial charge in [0, 0.05) is 41.0 Å². The van der Waals surface area contributed by atoms with Gasteiger partial charge in [0.15, 0.2) is 0 Å². The Morgan fingerprint density at radius 3 is 1.52 bits per heavy atom. The van der Waals surface area contributed by atoms with Crippen LogP contribution in [0.15, 0.2) is 72.9 Å². The standard InChI is InChI=1S/C29H42N2/c1-7-23(3)15-11-9-13-17-25-19-21-27(30-25)29(5,6)28-22-20-26(31-28)18-14-10-12-16-24(4)8-2/h9-16,19-24,30-31H,7-8,17-18H2,1-6H3/b13-9+,14-10+,15-11+,16-12+/t23-,24-/m1/s1. The van der Waals surface area contributed by atoms with Crippen molar-refractivity contribution in [2.45, 2.75) is 72.6 Å². The number of hydrogen-bond acceptors (Lipinski definition) is 0. The summed E-state index contributed by atoms with van der Waals surface area (Å²) >= 11 is 0. The first-order valence-electron chi connectivity index (χ1n) is 11.9. The average Bonchev–Trinajstić information content (AvgIpc) is 3.43. The van der Waals surface area contributed by atoms with Gasteiger partial charge in [0.1, 0.15) is 0 Å². The molecule has 0 saturated carbocycles. The highest BCUT2D eigenvalue weighted by Crippen LogP contribution is 2.30. The maximum Gasteiger partial charge on any atom is 0.0447 e. The van der Waals surface area contributed by atoms with E-state index in [2.05, 4.69) is 124 Å². The van der Waals surface area contributed by atoms with Crippen LogP contribution in [0.3, 0.4) is 0 Å². The van der Waals surface area contributed by atoms with E-state index >= 15 is 0 Å². The van der Waals surface area contributed by atoms with E-state index in [9.17, 15) is 0 Å². The van der Waals surface area contributed by atoms with Crippen molar-refractivity contribution >= 4 is 0 Å². The Bertz CT molecular complexity index is 813. The first kappa shape index (κ1) is 24.8. The van der Waals surface area contributed by atoms with Crippen LogP contribution >= 0.6 is 0 Å². The van der Waals surface area contributed by atoms with Gasteiger partial charge in [-0.05, 0) is 49.9 Å². The molecule has 31 heavy (non-hydrogen) atoms. The zero-order chi connectivity index (χ0) is 22.7. The Hall–Kier alpha value is -2.48. The normalized spacial score (nSPS) is 15.2. The van der Waals surface area contributed by atoms with Crippen molar-refractivity contribution in [3.05, 3.63) is 95.6 Å². The molecule has 2 heteroatoms. The summed E-state index contributed by atoms with van der Waals surface area (Å²) in [5.41, 5.74) is 4.90. The zero-order valence-electron chi connectivity index (χ0n) is 20.4. The van der Waals surface area contributed by atoms with Crippen LogP contribution < -0.4 is 0 Å². The molecule has 0 aliphatic heterocycles. The lowest BCUT2D eigenvalue weighted by molar-refractivity contribution is 0.600. The van der Waals surface area contributed by atoms with Gasteiger partial charge >= 0.3 is 0 Å². The van der Waals surface area contributed by atoms with E-state index in [0.29, 0.717) is 11.8 Å². The summed E-state index contributed by atoms with van der Waals surface area (Å²) in [4.78, 5) is 7.26. The van der Waals surface area contributed by atoms with Crippen LogP contribution in [0.5, 0.6) is 0 Å². The molecule has 0 aromatic carbocycles. The molecule has 2 aromatic rings. The van der Waals surface area contributed by atoms with Gasteiger partial charge in [0.2, 0.25) is 0 Å². The highest BCUT2D eigenvalue weighted by Gasteiger charge is 2.26. The van der Waals surface area contributed by atoms with Crippen molar-refractivity contribution in [3.8, 4) is 0 Å². The van der Waals surface area contributed by atoms with Crippen molar-refractivity contribution < 1.29 is 0 Å². The molecule has 0 bridgehead atoms. The molecular weight excluding hydrogens is 376 g/mol. The summed E-state index contributed by atoms with van der Waals surface area (Å²) in [6, 6.07) is 8.85. The smallest absolute Gasteiger partial charge is 0.0447 e. The van der Waals surface area contributed by atoms with Crippen LogP contribution in [0.4, 0.5) is 0 Å². The number of rotatable bonds is 12. The third-order valence-electron chi connectivity index (χ3n) is 6.18. The summed E-state index contributed by atoms with van der Waals surface area (Å²) in [7, 11) is 0. The molecule has 0 fully saturated rings. The lowest BCUT2D eigenvalue weighted by Gasteiger charge is -2.22. The summed E-state index contributed by atoms with van der Waals surface area (Å²) < 4.78 is 0. The topological polar surface area (TPSA) is 31.6 Å². The van der Waals surface area contributed by atoms with Crippen LogP contribution in [-0.4, -0.2) is 9.97 Å². The fourth-order valence-electron chi connectivity index (χ4n) is 3.32. The van der Waals surface area contributed by atoms with E-state index in [0.717, 1.165) is 12.8 Å². The molecule has 0 amide bonds. The molecule has 2 atom stereocenters. The fourth-order valence-corrected chi connectivity index (χ4v) is 3.32. The Kier molecular flexibility index (Phi) is 9.91. The second-order valence-corrected chi connectivity index (χ2v) is 9.22. The van der Waals surface area contributed by atoms with E-state index in [4.69, 9.17) is 0 Å². The SMILES string of the molecule is CC[C@@H](C)/C=C/C=C/Cc1ccc(C(C)(C)c2ccc(C/C=C/C=C/[C@H](C)CC)[nH]2)[nH]1. The predicted molar refractivity (Wildman–Crippen MR) is 137 cm³/mol. The maximum atomic E-state index is 3.63. The average molecular weight is 419 g/mol. The van der Waals surface area contributed by atoms with Gasteiger partial charge in [-0.1, -0.05) is 89.1 Å². The Labute approximate surface area is 190 Å². The Morgan fingerprint density at radius 2 is 1.13 bits per heavy atom. The molecule has 2 rings (SSSR count). The number of aromatic amines is 2. The minimum Gasteiger partial charge on any atom is -0.361 e. The van der Waals surface area contributed by atoms with Crippen LogP contribution in [0.1, 0.15) is 77.2 Å². The van der Waals surface area contributed by atoms with Crippen molar-refractivity contribution in [2.24, 2.45) is 11.8 Å². The number of aromatic nitrogens is 2. The third kappa shape index (κ3) is 7.94. The quantitative estimate of drug-likeness (QED) is 0.327. The molecular formula is C29H42N2. The van der Waals surface area contributed by atoms with Crippen LogP contribution in [0, 0.1) is 11.8 Å². The lowest BCUT2D eigenvalue weighted by atomic mass is 9.86. The minimum absolute atomic E-state index is 0.0865. The van der Waals surface area contributed by atoms with Crippen molar-refractivity contribution in [1.29, 1.82) is 0 Å². The number of hydrogen-bond donors (Lipinski definition) is 2. The summed E-state index contributed by atoms with van der Waals surface area (Å²) in [6.07, 6.45) is 21.8. The Balaban J connectivity index is 1.95. The highest BCUT2D eigenvalue weighted by atomic mass is 14.8. The second kappa shape index (κ2) is 12.4.